The van der Waals surface area contributed by atoms with Crippen LogP contribution in [0.3, 0.4) is 0 Å². The number of alkyl carbamates (subject to hydrolysis) is 1. The van der Waals surface area contributed by atoms with Crippen molar-refractivity contribution in [2.24, 2.45) is 5.92 Å². The Labute approximate surface area is 138 Å². The summed E-state index contributed by atoms with van der Waals surface area (Å²) in [7, 11) is 0. The van der Waals surface area contributed by atoms with E-state index in [4.69, 9.17) is 4.74 Å². The summed E-state index contributed by atoms with van der Waals surface area (Å²) >= 11 is 0. The van der Waals surface area contributed by atoms with Gasteiger partial charge in [-0.25, -0.2) is 4.79 Å². The highest BCUT2D eigenvalue weighted by Crippen LogP contribution is 2.22. The van der Waals surface area contributed by atoms with Gasteiger partial charge in [0.1, 0.15) is 11.6 Å². The van der Waals surface area contributed by atoms with Crippen molar-refractivity contribution in [2.75, 3.05) is 13.1 Å². The molecular weight excluding hydrogens is 292 g/mol. The molecule has 2 rings (SSSR count). The molecule has 1 saturated heterocycles. The average molecular weight is 318 g/mol. The lowest BCUT2D eigenvalue weighted by atomic mass is 10.1. The van der Waals surface area contributed by atoms with E-state index in [2.05, 4.69) is 12.2 Å². The smallest absolute Gasteiger partial charge is 0.408 e. The van der Waals surface area contributed by atoms with E-state index in [1.807, 2.05) is 35.2 Å². The molecule has 1 aromatic carbocycles. The van der Waals surface area contributed by atoms with E-state index in [0.29, 0.717) is 5.92 Å². The Balaban J connectivity index is 2.15. The fourth-order valence-corrected chi connectivity index (χ4v) is 2.68. The zero-order valence-electron chi connectivity index (χ0n) is 14.3. The average Bonchev–Trinajstić information content (AvgIpc) is 2.90. The molecule has 2 atom stereocenters. The van der Waals surface area contributed by atoms with E-state index in [0.717, 1.165) is 25.1 Å². The Morgan fingerprint density at radius 1 is 1.26 bits per heavy atom. The second-order valence-electron chi connectivity index (χ2n) is 7.17. The highest BCUT2D eigenvalue weighted by Gasteiger charge is 2.32. The Bertz CT molecular complexity index is 551. The van der Waals surface area contributed by atoms with Crippen LogP contribution in [0.4, 0.5) is 4.79 Å². The molecule has 1 unspecified atom stereocenters. The van der Waals surface area contributed by atoms with Gasteiger partial charge < -0.3 is 15.0 Å². The molecule has 1 heterocycles. The first-order chi connectivity index (χ1) is 10.8. The molecule has 5 heteroatoms. The molecule has 23 heavy (non-hydrogen) atoms. The van der Waals surface area contributed by atoms with Crippen LogP contribution in [0.2, 0.25) is 0 Å². The summed E-state index contributed by atoms with van der Waals surface area (Å²) in [5.41, 5.74) is 0.166. The number of carbonyl (C=O) groups is 2. The van der Waals surface area contributed by atoms with Crippen LogP contribution in [0, 0.1) is 5.92 Å². The monoisotopic (exact) mass is 318 g/mol. The second-order valence-corrected chi connectivity index (χ2v) is 7.17. The predicted molar refractivity (Wildman–Crippen MR) is 88.9 cm³/mol. The minimum absolute atomic E-state index is 0.0774. The van der Waals surface area contributed by atoms with E-state index in [1.54, 1.807) is 20.8 Å². The van der Waals surface area contributed by atoms with Crippen molar-refractivity contribution in [3.63, 3.8) is 0 Å². The van der Waals surface area contributed by atoms with Crippen LogP contribution in [0.15, 0.2) is 30.3 Å². The van der Waals surface area contributed by atoms with Crippen LogP contribution in [-0.4, -0.2) is 35.6 Å². The first-order valence-corrected chi connectivity index (χ1v) is 8.09. The van der Waals surface area contributed by atoms with Gasteiger partial charge in [-0.15, -0.1) is 0 Å². The van der Waals surface area contributed by atoms with E-state index in [1.165, 1.54) is 0 Å². The summed E-state index contributed by atoms with van der Waals surface area (Å²) in [5, 5.41) is 2.73. The summed E-state index contributed by atoms with van der Waals surface area (Å²) in [4.78, 5) is 26.8. The molecule has 0 aromatic heterocycles. The molecule has 2 amide bonds. The Hall–Kier alpha value is -2.04. The maximum atomic E-state index is 12.8. The molecule has 0 spiro atoms. The maximum absolute atomic E-state index is 12.8. The van der Waals surface area contributed by atoms with Crippen molar-refractivity contribution in [3.05, 3.63) is 35.9 Å². The van der Waals surface area contributed by atoms with Gasteiger partial charge in [0, 0.05) is 13.1 Å². The highest BCUT2D eigenvalue weighted by atomic mass is 16.6. The summed E-state index contributed by atoms with van der Waals surface area (Å²) in [6, 6.07) is 8.59. The van der Waals surface area contributed by atoms with Crippen LogP contribution in [0.1, 0.15) is 45.7 Å². The van der Waals surface area contributed by atoms with Gasteiger partial charge in [-0.2, -0.15) is 0 Å². The fourth-order valence-electron chi connectivity index (χ4n) is 2.68. The van der Waals surface area contributed by atoms with Gasteiger partial charge in [0.15, 0.2) is 0 Å². The third kappa shape index (κ3) is 4.98. The lowest BCUT2D eigenvalue weighted by molar-refractivity contribution is -0.132. The summed E-state index contributed by atoms with van der Waals surface area (Å²) in [6.45, 7) is 9.00. The third-order valence-electron chi connectivity index (χ3n) is 3.78. The number of carbonyl (C=O) groups excluding carboxylic acids is 2. The molecule has 1 fully saturated rings. The van der Waals surface area contributed by atoms with Gasteiger partial charge in [0.25, 0.3) is 0 Å². The SMILES string of the molecule is CC1CCN(C(=O)[C@@H](NC(=O)OC(C)(C)C)c2ccccc2)C1. The van der Waals surface area contributed by atoms with Gasteiger partial charge in [0.2, 0.25) is 5.91 Å². The molecule has 5 nitrogen and oxygen atoms in total. The maximum Gasteiger partial charge on any atom is 0.408 e. The van der Waals surface area contributed by atoms with E-state index < -0.39 is 17.7 Å². The summed E-state index contributed by atoms with van der Waals surface area (Å²) in [6.07, 6.45) is 0.423. The fraction of sp³-hybridized carbons (Fsp3) is 0.556. The van der Waals surface area contributed by atoms with Crippen LogP contribution in [0.25, 0.3) is 0 Å². The van der Waals surface area contributed by atoms with Crippen molar-refractivity contribution in [3.8, 4) is 0 Å². The number of rotatable bonds is 3. The number of nitrogens with zero attached hydrogens (tertiary/aromatic N) is 1. The second kappa shape index (κ2) is 7.02. The molecule has 0 saturated carbocycles. The van der Waals surface area contributed by atoms with Crippen molar-refractivity contribution < 1.29 is 14.3 Å². The van der Waals surface area contributed by atoms with Crippen LogP contribution in [0.5, 0.6) is 0 Å². The van der Waals surface area contributed by atoms with Crippen molar-refractivity contribution in [1.29, 1.82) is 0 Å². The summed E-state index contributed by atoms with van der Waals surface area (Å²) < 4.78 is 5.30. The quantitative estimate of drug-likeness (QED) is 0.931. The predicted octanol–water partition coefficient (Wildman–Crippen LogP) is 3.12. The van der Waals surface area contributed by atoms with E-state index in [-0.39, 0.29) is 5.91 Å². The van der Waals surface area contributed by atoms with Crippen molar-refractivity contribution in [2.45, 2.75) is 45.8 Å². The minimum Gasteiger partial charge on any atom is -0.444 e. The molecule has 0 bridgehead atoms. The van der Waals surface area contributed by atoms with E-state index in [9.17, 15) is 9.59 Å². The Morgan fingerprint density at radius 2 is 1.91 bits per heavy atom. The molecule has 1 aliphatic rings. The lowest BCUT2D eigenvalue weighted by Crippen LogP contribution is -2.43. The molecule has 1 N–H and O–H groups in total. The zero-order chi connectivity index (χ0) is 17.0. The third-order valence-corrected chi connectivity index (χ3v) is 3.78. The number of hydrogen-bond donors (Lipinski definition) is 1. The molecule has 1 aromatic rings. The van der Waals surface area contributed by atoms with Crippen molar-refractivity contribution in [1.82, 2.24) is 10.2 Å². The topological polar surface area (TPSA) is 58.6 Å². The number of nitrogens with one attached hydrogen (secondary N) is 1. The molecular formula is C18H26N2O3. The first-order valence-electron chi connectivity index (χ1n) is 8.09. The first kappa shape index (κ1) is 17.3. The van der Waals surface area contributed by atoms with Gasteiger partial charge in [-0.1, -0.05) is 37.3 Å². The normalized spacial score (nSPS) is 19.3. The van der Waals surface area contributed by atoms with Crippen LogP contribution >= 0.6 is 0 Å². The lowest BCUT2D eigenvalue weighted by Gasteiger charge is -2.26. The number of amides is 2. The summed E-state index contributed by atoms with van der Waals surface area (Å²) in [5.74, 6) is 0.420. The molecule has 0 aliphatic carbocycles. The van der Waals surface area contributed by atoms with Crippen LogP contribution < -0.4 is 5.32 Å². The number of benzene rings is 1. The Morgan fingerprint density at radius 3 is 2.43 bits per heavy atom. The number of likely N-dealkylation sites (tertiary alicyclic amines) is 1. The van der Waals surface area contributed by atoms with Crippen molar-refractivity contribution >= 4 is 12.0 Å². The van der Waals surface area contributed by atoms with Gasteiger partial charge >= 0.3 is 6.09 Å². The number of hydrogen-bond acceptors (Lipinski definition) is 3. The van der Waals surface area contributed by atoms with Gasteiger partial charge in [0.05, 0.1) is 0 Å². The molecule has 0 radical (unpaired) electrons. The highest BCUT2D eigenvalue weighted by molar-refractivity contribution is 5.87. The number of ether oxygens (including phenoxy) is 1. The molecule has 1 aliphatic heterocycles. The minimum atomic E-state index is -0.712. The molecule has 126 valence electrons. The zero-order valence-corrected chi connectivity index (χ0v) is 14.3. The van der Waals surface area contributed by atoms with Gasteiger partial charge in [-0.3, -0.25) is 4.79 Å². The largest absolute Gasteiger partial charge is 0.444 e. The van der Waals surface area contributed by atoms with Gasteiger partial charge in [-0.05, 0) is 38.7 Å². The van der Waals surface area contributed by atoms with Crippen LogP contribution in [-0.2, 0) is 9.53 Å². The Kier molecular flexibility index (Phi) is 5.29. The van der Waals surface area contributed by atoms with E-state index >= 15 is 0 Å². The standard InChI is InChI=1S/C18H26N2O3/c1-13-10-11-20(12-13)16(21)15(14-8-6-5-7-9-14)19-17(22)23-18(2,3)4/h5-9,13,15H,10-12H2,1-4H3,(H,19,22)/t13?,15-/m0/s1.